The van der Waals surface area contributed by atoms with Gasteiger partial charge in [0.2, 0.25) is 11.8 Å². The van der Waals surface area contributed by atoms with Gasteiger partial charge in [-0.25, -0.2) is 0 Å². The minimum Gasteiger partial charge on any atom is -0.346 e. The Morgan fingerprint density at radius 1 is 1.27 bits per heavy atom. The second-order valence-electron chi connectivity index (χ2n) is 7.85. The van der Waals surface area contributed by atoms with Crippen LogP contribution in [0.1, 0.15) is 39.2 Å². The number of nitrogens with one attached hydrogen (secondary N) is 1. The van der Waals surface area contributed by atoms with Crippen molar-refractivity contribution in [2.24, 2.45) is 17.1 Å². The van der Waals surface area contributed by atoms with E-state index in [2.05, 4.69) is 36.5 Å². The number of likely N-dealkylation sites (tertiary alicyclic amines) is 1. The summed E-state index contributed by atoms with van der Waals surface area (Å²) in [6.07, 6.45) is 3.09. The number of carbonyl (C=O) groups excluding carboxylic acids is 2. The lowest BCUT2D eigenvalue weighted by Gasteiger charge is -2.25. The standard InChI is InChI=1S/C20H31N3O2.ClH/c1-15(2)18(21)19(25)22-13-17(24)23-12-11-20(3,14-23)10-9-16-7-5-4-6-8-16;/h4-8,15,18H,9-14,21H2,1-3H3,(H,22,25);1H/t18-,20?;/m0./s1. The number of nitrogens with zero attached hydrogens (tertiary/aromatic N) is 1. The molecule has 1 fully saturated rings. The molecule has 1 unspecified atom stereocenters. The molecule has 1 saturated heterocycles. The molecule has 5 nitrogen and oxygen atoms in total. The number of nitrogens with two attached hydrogens (primary N) is 1. The van der Waals surface area contributed by atoms with E-state index in [1.807, 2.05) is 24.8 Å². The van der Waals surface area contributed by atoms with Gasteiger partial charge in [0.05, 0.1) is 12.6 Å². The molecule has 0 spiro atoms. The second-order valence-corrected chi connectivity index (χ2v) is 7.85. The maximum Gasteiger partial charge on any atom is 0.241 e. The number of aryl methyl sites for hydroxylation is 1. The fourth-order valence-electron chi connectivity index (χ4n) is 3.23. The maximum atomic E-state index is 12.4. The largest absolute Gasteiger partial charge is 0.346 e. The molecule has 2 amide bonds. The SMILES string of the molecule is CC(C)[C@H](N)C(=O)NCC(=O)N1CCC(C)(CCc2ccccc2)C1.Cl. The summed E-state index contributed by atoms with van der Waals surface area (Å²) in [6, 6.07) is 9.88. The van der Waals surface area contributed by atoms with Crippen LogP contribution in [-0.4, -0.2) is 42.4 Å². The van der Waals surface area contributed by atoms with Crippen LogP contribution in [0.15, 0.2) is 30.3 Å². The third-order valence-electron chi connectivity index (χ3n) is 5.21. The van der Waals surface area contributed by atoms with Gasteiger partial charge in [-0.15, -0.1) is 12.4 Å². The highest BCUT2D eigenvalue weighted by Crippen LogP contribution is 2.34. The molecular weight excluding hydrogens is 350 g/mol. The highest BCUT2D eigenvalue weighted by Gasteiger charge is 2.35. The molecule has 1 aromatic carbocycles. The van der Waals surface area contributed by atoms with Gasteiger partial charge < -0.3 is 16.0 Å². The average Bonchev–Trinajstić information content (AvgIpc) is 3.00. The summed E-state index contributed by atoms with van der Waals surface area (Å²) >= 11 is 0. The van der Waals surface area contributed by atoms with Gasteiger partial charge in [0.25, 0.3) is 0 Å². The molecule has 0 radical (unpaired) electrons. The molecule has 146 valence electrons. The number of benzene rings is 1. The third-order valence-corrected chi connectivity index (χ3v) is 5.21. The van der Waals surface area contributed by atoms with Crippen LogP contribution < -0.4 is 11.1 Å². The molecule has 6 heteroatoms. The average molecular weight is 382 g/mol. The number of carbonyl (C=O) groups is 2. The van der Waals surface area contributed by atoms with E-state index < -0.39 is 6.04 Å². The third kappa shape index (κ3) is 6.29. The van der Waals surface area contributed by atoms with Crippen molar-refractivity contribution in [1.82, 2.24) is 10.2 Å². The monoisotopic (exact) mass is 381 g/mol. The van der Waals surface area contributed by atoms with E-state index in [4.69, 9.17) is 5.73 Å². The van der Waals surface area contributed by atoms with E-state index in [1.54, 1.807) is 0 Å². The Hall–Kier alpha value is -1.59. The summed E-state index contributed by atoms with van der Waals surface area (Å²) < 4.78 is 0. The van der Waals surface area contributed by atoms with Gasteiger partial charge in [-0.1, -0.05) is 51.1 Å². The number of amides is 2. The Bertz CT molecular complexity index is 594. The molecule has 1 aromatic rings. The Morgan fingerprint density at radius 3 is 2.54 bits per heavy atom. The van der Waals surface area contributed by atoms with Gasteiger partial charge in [0.1, 0.15) is 0 Å². The van der Waals surface area contributed by atoms with Gasteiger partial charge in [-0.3, -0.25) is 9.59 Å². The summed E-state index contributed by atoms with van der Waals surface area (Å²) in [6.45, 7) is 7.58. The van der Waals surface area contributed by atoms with Crippen LogP contribution in [0.2, 0.25) is 0 Å². The topological polar surface area (TPSA) is 75.4 Å². The minimum absolute atomic E-state index is 0. The van der Waals surface area contributed by atoms with E-state index >= 15 is 0 Å². The van der Waals surface area contributed by atoms with Crippen LogP contribution in [0, 0.1) is 11.3 Å². The summed E-state index contributed by atoms with van der Waals surface area (Å²) in [5, 5.41) is 2.67. The Morgan fingerprint density at radius 2 is 1.92 bits per heavy atom. The Kier molecular flexibility index (Phi) is 8.57. The van der Waals surface area contributed by atoms with E-state index in [1.165, 1.54) is 5.56 Å². The zero-order valence-electron chi connectivity index (χ0n) is 16.0. The van der Waals surface area contributed by atoms with Crippen molar-refractivity contribution in [3.63, 3.8) is 0 Å². The van der Waals surface area contributed by atoms with Crippen LogP contribution in [0.3, 0.4) is 0 Å². The smallest absolute Gasteiger partial charge is 0.241 e. The van der Waals surface area contributed by atoms with E-state index in [0.717, 1.165) is 32.4 Å². The first-order valence-electron chi connectivity index (χ1n) is 9.16. The van der Waals surface area contributed by atoms with Crippen LogP contribution in [0.5, 0.6) is 0 Å². The molecule has 2 rings (SSSR count). The molecule has 26 heavy (non-hydrogen) atoms. The molecule has 0 aliphatic carbocycles. The number of hydrogen-bond acceptors (Lipinski definition) is 3. The lowest BCUT2D eigenvalue weighted by molar-refractivity contribution is -0.132. The lowest BCUT2D eigenvalue weighted by atomic mass is 9.83. The van der Waals surface area contributed by atoms with E-state index in [9.17, 15) is 9.59 Å². The fraction of sp³-hybridized carbons (Fsp3) is 0.600. The first-order valence-corrected chi connectivity index (χ1v) is 9.16. The molecular formula is C20H32ClN3O2. The highest BCUT2D eigenvalue weighted by atomic mass is 35.5. The van der Waals surface area contributed by atoms with Crippen LogP contribution >= 0.6 is 12.4 Å². The summed E-state index contributed by atoms with van der Waals surface area (Å²) in [7, 11) is 0. The zero-order chi connectivity index (χ0) is 18.4. The van der Waals surface area contributed by atoms with Crippen molar-refractivity contribution in [1.29, 1.82) is 0 Å². The van der Waals surface area contributed by atoms with Crippen LogP contribution in [0.25, 0.3) is 0 Å². The van der Waals surface area contributed by atoms with Crippen molar-refractivity contribution < 1.29 is 9.59 Å². The number of hydrogen-bond donors (Lipinski definition) is 2. The summed E-state index contributed by atoms with van der Waals surface area (Å²) in [5.41, 5.74) is 7.28. The molecule has 0 bridgehead atoms. The predicted molar refractivity (Wildman–Crippen MR) is 107 cm³/mol. The molecule has 2 atom stereocenters. The van der Waals surface area contributed by atoms with E-state index in [0.29, 0.717) is 0 Å². The van der Waals surface area contributed by atoms with Crippen molar-refractivity contribution in [3.05, 3.63) is 35.9 Å². The van der Waals surface area contributed by atoms with Gasteiger partial charge in [-0.05, 0) is 36.2 Å². The van der Waals surface area contributed by atoms with Crippen molar-refractivity contribution >= 4 is 24.2 Å². The maximum absolute atomic E-state index is 12.4. The van der Waals surface area contributed by atoms with Crippen molar-refractivity contribution in [2.45, 2.75) is 46.1 Å². The highest BCUT2D eigenvalue weighted by molar-refractivity contribution is 5.87. The normalized spacial score (nSPS) is 20.6. The molecule has 0 saturated carbocycles. The molecule has 1 heterocycles. The summed E-state index contributed by atoms with van der Waals surface area (Å²) in [4.78, 5) is 26.1. The van der Waals surface area contributed by atoms with E-state index in [-0.39, 0.29) is 42.1 Å². The Balaban J connectivity index is 0.00000338. The lowest BCUT2D eigenvalue weighted by Crippen LogP contribution is -2.47. The first kappa shape index (κ1) is 22.5. The minimum atomic E-state index is -0.567. The molecule has 1 aliphatic heterocycles. The van der Waals surface area contributed by atoms with Crippen molar-refractivity contribution in [3.8, 4) is 0 Å². The number of rotatable bonds is 7. The number of halogens is 1. The molecule has 0 aromatic heterocycles. The second kappa shape index (κ2) is 9.93. The van der Waals surface area contributed by atoms with Crippen LogP contribution in [0.4, 0.5) is 0 Å². The molecule has 3 N–H and O–H groups in total. The van der Waals surface area contributed by atoms with Gasteiger partial charge in [0, 0.05) is 13.1 Å². The zero-order valence-corrected chi connectivity index (χ0v) is 16.8. The van der Waals surface area contributed by atoms with Gasteiger partial charge in [0.15, 0.2) is 0 Å². The van der Waals surface area contributed by atoms with Crippen LogP contribution in [-0.2, 0) is 16.0 Å². The first-order chi connectivity index (χ1) is 11.8. The molecule has 1 aliphatic rings. The van der Waals surface area contributed by atoms with Crippen molar-refractivity contribution in [2.75, 3.05) is 19.6 Å². The fourth-order valence-corrected chi connectivity index (χ4v) is 3.23. The predicted octanol–water partition coefficient (Wildman–Crippen LogP) is 2.38. The Labute approximate surface area is 163 Å². The van der Waals surface area contributed by atoms with Gasteiger partial charge >= 0.3 is 0 Å². The van der Waals surface area contributed by atoms with Gasteiger partial charge in [-0.2, -0.15) is 0 Å². The quantitative estimate of drug-likeness (QED) is 0.761. The summed E-state index contributed by atoms with van der Waals surface area (Å²) in [5.74, 6) is -0.217.